The Bertz CT molecular complexity index is 430. The summed E-state index contributed by atoms with van der Waals surface area (Å²) in [6.07, 6.45) is 3.48. The number of benzene rings is 1. The molecule has 104 valence electrons. The Kier molecular flexibility index (Phi) is 4.66. The largest absolute Gasteiger partial charge is 0.495 e. The van der Waals surface area contributed by atoms with Crippen LogP contribution in [0.15, 0.2) is 24.3 Å². The van der Waals surface area contributed by atoms with Gasteiger partial charge in [-0.2, -0.15) is 0 Å². The van der Waals surface area contributed by atoms with Crippen LogP contribution >= 0.6 is 0 Å². The number of hydrogen-bond donors (Lipinski definition) is 1. The molecule has 2 rings (SSSR count). The van der Waals surface area contributed by atoms with Crippen molar-refractivity contribution in [2.24, 2.45) is 5.92 Å². The van der Waals surface area contributed by atoms with E-state index < -0.39 is 0 Å². The topological polar surface area (TPSA) is 41.6 Å². The van der Waals surface area contributed by atoms with Gasteiger partial charge in [-0.25, -0.2) is 4.79 Å². The van der Waals surface area contributed by atoms with E-state index in [1.807, 2.05) is 29.2 Å². The molecule has 1 aromatic carbocycles. The molecule has 0 aliphatic heterocycles. The van der Waals surface area contributed by atoms with Crippen molar-refractivity contribution >= 4 is 11.7 Å². The third-order valence-electron chi connectivity index (χ3n) is 3.30. The van der Waals surface area contributed by atoms with Crippen LogP contribution in [0.2, 0.25) is 0 Å². The molecule has 0 aromatic heterocycles. The average molecular weight is 262 g/mol. The predicted octanol–water partition coefficient (Wildman–Crippen LogP) is 3.35. The number of rotatable bonds is 6. The third-order valence-corrected chi connectivity index (χ3v) is 3.30. The Balaban J connectivity index is 2.00. The lowest BCUT2D eigenvalue weighted by atomic mass is 10.3. The molecule has 0 saturated heterocycles. The molecule has 1 saturated carbocycles. The Morgan fingerprint density at radius 2 is 2.16 bits per heavy atom. The Morgan fingerprint density at radius 1 is 1.42 bits per heavy atom. The lowest BCUT2D eigenvalue weighted by Crippen LogP contribution is -2.37. The van der Waals surface area contributed by atoms with Gasteiger partial charge < -0.3 is 15.0 Å². The highest BCUT2D eigenvalue weighted by Crippen LogP contribution is 2.30. The van der Waals surface area contributed by atoms with Crippen LogP contribution in [0.3, 0.4) is 0 Å². The molecule has 0 radical (unpaired) electrons. The number of nitrogens with one attached hydrogen (secondary N) is 1. The smallest absolute Gasteiger partial charge is 0.321 e. The van der Waals surface area contributed by atoms with Gasteiger partial charge in [-0.05, 0) is 37.3 Å². The van der Waals surface area contributed by atoms with Gasteiger partial charge in [-0.1, -0.05) is 19.1 Å². The normalized spacial score (nSPS) is 14.0. The number of ether oxygens (including phenoxy) is 1. The van der Waals surface area contributed by atoms with Crippen LogP contribution in [0.4, 0.5) is 10.5 Å². The Hall–Kier alpha value is -1.71. The Morgan fingerprint density at radius 3 is 2.79 bits per heavy atom. The van der Waals surface area contributed by atoms with Crippen LogP contribution in [-0.2, 0) is 0 Å². The van der Waals surface area contributed by atoms with E-state index in [9.17, 15) is 4.79 Å². The van der Waals surface area contributed by atoms with Gasteiger partial charge in [0.05, 0.1) is 12.8 Å². The van der Waals surface area contributed by atoms with Crippen molar-refractivity contribution in [3.8, 4) is 5.75 Å². The molecule has 2 amide bonds. The van der Waals surface area contributed by atoms with Gasteiger partial charge in [0.1, 0.15) is 5.75 Å². The van der Waals surface area contributed by atoms with Crippen molar-refractivity contribution in [3.05, 3.63) is 24.3 Å². The number of anilines is 1. The van der Waals surface area contributed by atoms with E-state index in [0.717, 1.165) is 25.2 Å². The van der Waals surface area contributed by atoms with E-state index in [4.69, 9.17) is 4.74 Å². The Labute approximate surface area is 114 Å². The first-order valence-corrected chi connectivity index (χ1v) is 6.93. The summed E-state index contributed by atoms with van der Waals surface area (Å²) in [5.41, 5.74) is 0.729. The van der Waals surface area contributed by atoms with Gasteiger partial charge >= 0.3 is 6.03 Å². The van der Waals surface area contributed by atoms with Gasteiger partial charge in [-0.15, -0.1) is 0 Å². The van der Waals surface area contributed by atoms with E-state index in [-0.39, 0.29) is 6.03 Å². The minimum atomic E-state index is -0.0294. The molecular formula is C15H22N2O2. The van der Waals surface area contributed by atoms with Gasteiger partial charge in [0.15, 0.2) is 0 Å². The molecule has 1 aromatic rings. The van der Waals surface area contributed by atoms with Crippen molar-refractivity contribution in [1.29, 1.82) is 0 Å². The minimum absolute atomic E-state index is 0.0294. The van der Waals surface area contributed by atoms with Crippen molar-refractivity contribution in [1.82, 2.24) is 4.90 Å². The summed E-state index contributed by atoms with van der Waals surface area (Å²) in [6, 6.07) is 7.46. The fourth-order valence-electron chi connectivity index (χ4n) is 2.10. The number of carbonyl (C=O) groups excluding carboxylic acids is 1. The summed E-state index contributed by atoms with van der Waals surface area (Å²) in [5.74, 6) is 1.40. The highest BCUT2D eigenvalue weighted by Gasteiger charge is 2.26. The summed E-state index contributed by atoms with van der Waals surface area (Å²) in [6.45, 7) is 3.77. The van der Waals surface area contributed by atoms with Gasteiger partial charge in [0, 0.05) is 13.1 Å². The molecule has 1 N–H and O–H groups in total. The summed E-state index contributed by atoms with van der Waals surface area (Å²) in [5, 5.41) is 2.94. The number of urea groups is 1. The molecule has 1 aliphatic rings. The van der Waals surface area contributed by atoms with E-state index in [0.29, 0.717) is 11.7 Å². The molecule has 4 nitrogen and oxygen atoms in total. The minimum Gasteiger partial charge on any atom is -0.495 e. The van der Waals surface area contributed by atoms with Crippen LogP contribution < -0.4 is 10.1 Å². The molecule has 0 bridgehead atoms. The number of nitrogens with zero attached hydrogens (tertiary/aromatic N) is 1. The highest BCUT2D eigenvalue weighted by molar-refractivity contribution is 5.91. The second kappa shape index (κ2) is 6.45. The maximum absolute atomic E-state index is 12.3. The summed E-state index contributed by atoms with van der Waals surface area (Å²) in [7, 11) is 1.61. The van der Waals surface area contributed by atoms with Crippen molar-refractivity contribution in [2.75, 3.05) is 25.5 Å². The fourth-order valence-corrected chi connectivity index (χ4v) is 2.10. The van der Waals surface area contributed by atoms with Crippen LogP contribution in [-0.4, -0.2) is 31.1 Å². The quantitative estimate of drug-likeness (QED) is 0.854. The number of amides is 2. The van der Waals surface area contributed by atoms with Gasteiger partial charge in [-0.3, -0.25) is 0 Å². The van der Waals surface area contributed by atoms with Crippen molar-refractivity contribution in [3.63, 3.8) is 0 Å². The van der Waals surface area contributed by atoms with Crippen molar-refractivity contribution < 1.29 is 9.53 Å². The van der Waals surface area contributed by atoms with E-state index >= 15 is 0 Å². The first-order valence-electron chi connectivity index (χ1n) is 6.93. The molecular weight excluding hydrogens is 240 g/mol. The molecule has 0 atom stereocenters. The molecule has 4 heteroatoms. The van der Waals surface area contributed by atoms with Gasteiger partial charge in [0.25, 0.3) is 0 Å². The SMILES string of the molecule is CCCN(CC1CC1)C(=O)Nc1ccccc1OC. The molecule has 0 unspecified atom stereocenters. The van der Waals surface area contributed by atoms with E-state index in [1.54, 1.807) is 7.11 Å². The zero-order valence-corrected chi connectivity index (χ0v) is 11.7. The van der Waals surface area contributed by atoms with Crippen LogP contribution in [0.1, 0.15) is 26.2 Å². The lowest BCUT2D eigenvalue weighted by molar-refractivity contribution is 0.209. The number of para-hydroxylation sites is 2. The molecule has 1 aliphatic carbocycles. The fraction of sp³-hybridized carbons (Fsp3) is 0.533. The molecule has 1 fully saturated rings. The second-order valence-corrected chi connectivity index (χ2v) is 5.02. The van der Waals surface area contributed by atoms with E-state index in [2.05, 4.69) is 12.2 Å². The average Bonchev–Trinajstić information content (AvgIpc) is 3.23. The maximum atomic E-state index is 12.3. The predicted molar refractivity (Wildman–Crippen MR) is 76.6 cm³/mol. The number of hydrogen-bond acceptors (Lipinski definition) is 2. The molecule has 0 spiro atoms. The third kappa shape index (κ3) is 3.88. The second-order valence-electron chi connectivity index (χ2n) is 5.02. The monoisotopic (exact) mass is 262 g/mol. The zero-order chi connectivity index (χ0) is 13.7. The summed E-state index contributed by atoms with van der Waals surface area (Å²) < 4.78 is 5.25. The summed E-state index contributed by atoms with van der Waals surface area (Å²) in [4.78, 5) is 14.2. The zero-order valence-electron chi connectivity index (χ0n) is 11.7. The first kappa shape index (κ1) is 13.7. The molecule has 0 heterocycles. The highest BCUT2D eigenvalue weighted by atomic mass is 16.5. The standard InChI is InChI=1S/C15H22N2O2/c1-3-10-17(11-12-8-9-12)15(18)16-13-6-4-5-7-14(13)19-2/h4-7,12H,3,8-11H2,1-2H3,(H,16,18). The van der Waals surface area contributed by atoms with Gasteiger partial charge in [0.2, 0.25) is 0 Å². The van der Waals surface area contributed by atoms with Crippen LogP contribution in [0, 0.1) is 5.92 Å². The van der Waals surface area contributed by atoms with Crippen molar-refractivity contribution in [2.45, 2.75) is 26.2 Å². The maximum Gasteiger partial charge on any atom is 0.321 e. The number of methoxy groups -OCH3 is 1. The summed E-state index contributed by atoms with van der Waals surface area (Å²) >= 11 is 0. The van der Waals surface area contributed by atoms with Crippen LogP contribution in [0.5, 0.6) is 5.75 Å². The lowest BCUT2D eigenvalue weighted by Gasteiger charge is -2.23. The van der Waals surface area contributed by atoms with E-state index in [1.165, 1.54) is 12.8 Å². The molecule has 19 heavy (non-hydrogen) atoms. The first-order chi connectivity index (χ1) is 9.24. The van der Waals surface area contributed by atoms with Crippen LogP contribution in [0.25, 0.3) is 0 Å². The number of carbonyl (C=O) groups is 1.